The van der Waals surface area contributed by atoms with Gasteiger partial charge >= 0.3 is 0 Å². The van der Waals surface area contributed by atoms with E-state index in [1.165, 1.54) is 42.9 Å². The van der Waals surface area contributed by atoms with Crippen LogP contribution in [0.1, 0.15) is 16.3 Å². The van der Waals surface area contributed by atoms with Gasteiger partial charge in [0.25, 0.3) is 5.91 Å². The molecule has 0 fully saturated rings. The van der Waals surface area contributed by atoms with Gasteiger partial charge in [0.15, 0.2) is 11.6 Å². The Morgan fingerprint density at radius 3 is 2.48 bits per heavy atom. The first kappa shape index (κ1) is 20.8. The zero-order valence-corrected chi connectivity index (χ0v) is 17.3. The number of pyridine rings is 1. The molecular formula is C21H14Cl2FN5O2. The van der Waals surface area contributed by atoms with E-state index in [0.29, 0.717) is 38.9 Å². The summed E-state index contributed by atoms with van der Waals surface area (Å²) in [6.45, 7) is 0.0998. The minimum Gasteiger partial charge on any atom is -0.454 e. The van der Waals surface area contributed by atoms with Crippen molar-refractivity contribution in [1.29, 1.82) is 0 Å². The van der Waals surface area contributed by atoms with E-state index in [2.05, 4.69) is 20.3 Å². The number of carbonyl (C=O) groups is 1. The summed E-state index contributed by atoms with van der Waals surface area (Å²) < 4.78 is 20.1. The highest BCUT2D eigenvalue weighted by atomic mass is 35.5. The van der Waals surface area contributed by atoms with Crippen LogP contribution in [0.15, 0.2) is 67.3 Å². The lowest BCUT2D eigenvalue weighted by Crippen LogP contribution is -2.26. The van der Waals surface area contributed by atoms with Gasteiger partial charge in [-0.3, -0.25) is 9.36 Å². The zero-order chi connectivity index (χ0) is 21.8. The lowest BCUT2D eigenvalue weighted by atomic mass is 10.3. The monoisotopic (exact) mass is 457 g/mol. The molecule has 0 saturated carbocycles. The second-order valence-corrected chi connectivity index (χ2v) is 7.14. The molecule has 0 aliphatic carbocycles. The zero-order valence-electron chi connectivity index (χ0n) is 15.8. The summed E-state index contributed by atoms with van der Waals surface area (Å²) in [6.07, 6.45) is 6.07. The summed E-state index contributed by atoms with van der Waals surface area (Å²) in [5.74, 6) is 0.920. The molecule has 0 unspecified atom stereocenters. The van der Waals surface area contributed by atoms with E-state index in [1.807, 2.05) is 0 Å². The van der Waals surface area contributed by atoms with E-state index in [0.717, 1.165) is 0 Å². The molecule has 1 N–H and O–H groups in total. The average Bonchev–Trinajstić information content (AvgIpc) is 3.24. The van der Waals surface area contributed by atoms with E-state index >= 15 is 0 Å². The number of rotatable bonds is 6. The van der Waals surface area contributed by atoms with Gasteiger partial charge in [-0.05, 0) is 42.5 Å². The molecule has 0 bridgehead atoms. The second kappa shape index (κ2) is 9.11. The Morgan fingerprint density at radius 1 is 1.03 bits per heavy atom. The SMILES string of the molecule is O=C(NCc1ncc(Oc2ccc(F)cc2)cn1)c1cccn1-c1ncc(Cl)cc1Cl. The smallest absolute Gasteiger partial charge is 0.268 e. The number of ether oxygens (including phenoxy) is 1. The Bertz CT molecular complexity index is 1210. The van der Waals surface area contributed by atoms with Crippen molar-refractivity contribution in [2.75, 3.05) is 0 Å². The second-order valence-electron chi connectivity index (χ2n) is 6.30. The molecular weight excluding hydrogens is 444 g/mol. The molecule has 0 atom stereocenters. The van der Waals surface area contributed by atoms with Crippen molar-refractivity contribution in [1.82, 2.24) is 24.8 Å². The van der Waals surface area contributed by atoms with Crippen LogP contribution in [0.3, 0.4) is 0 Å². The van der Waals surface area contributed by atoms with Crippen molar-refractivity contribution in [3.8, 4) is 17.3 Å². The maximum atomic E-state index is 13.0. The fourth-order valence-electron chi connectivity index (χ4n) is 2.71. The normalized spacial score (nSPS) is 10.7. The fourth-order valence-corrected chi connectivity index (χ4v) is 3.18. The van der Waals surface area contributed by atoms with Crippen LogP contribution in [0.4, 0.5) is 4.39 Å². The lowest BCUT2D eigenvalue weighted by Gasteiger charge is -2.10. The van der Waals surface area contributed by atoms with E-state index in [9.17, 15) is 9.18 Å². The van der Waals surface area contributed by atoms with E-state index in [-0.39, 0.29) is 18.3 Å². The van der Waals surface area contributed by atoms with Crippen molar-refractivity contribution in [3.05, 3.63) is 94.6 Å². The predicted molar refractivity (Wildman–Crippen MR) is 113 cm³/mol. The first-order chi connectivity index (χ1) is 15.0. The number of nitrogens with zero attached hydrogens (tertiary/aromatic N) is 4. The first-order valence-corrected chi connectivity index (χ1v) is 9.76. The van der Waals surface area contributed by atoms with Crippen molar-refractivity contribution in [2.45, 2.75) is 6.54 Å². The van der Waals surface area contributed by atoms with E-state index in [4.69, 9.17) is 27.9 Å². The van der Waals surface area contributed by atoms with Crippen molar-refractivity contribution < 1.29 is 13.9 Å². The standard InChI is InChI=1S/C21H14Cl2FN5O2/c22-13-8-17(23)20(27-9-13)29-7-1-2-18(29)21(30)28-12-19-25-10-16(11-26-19)31-15-5-3-14(24)4-6-15/h1-11H,12H2,(H,28,30). The molecule has 0 radical (unpaired) electrons. The highest BCUT2D eigenvalue weighted by molar-refractivity contribution is 6.35. The van der Waals surface area contributed by atoms with Gasteiger partial charge in [-0.1, -0.05) is 23.2 Å². The minimum absolute atomic E-state index is 0.0998. The molecule has 1 amide bonds. The molecule has 31 heavy (non-hydrogen) atoms. The quantitative estimate of drug-likeness (QED) is 0.448. The van der Waals surface area contributed by atoms with Gasteiger partial charge < -0.3 is 10.1 Å². The summed E-state index contributed by atoms with van der Waals surface area (Å²) >= 11 is 12.1. The Hall–Kier alpha value is -3.49. The van der Waals surface area contributed by atoms with Gasteiger partial charge in [0.1, 0.15) is 23.1 Å². The van der Waals surface area contributed by atoms with Crippen LogP contribution in [-0.2, 0) is 6.54 Å². The molecule has 0 aliphatic rings. The van der Waals surface area contributed by atoms with E-state index in [1.54, 1.807) is 29.0 Å². The van der Waals surface area contributed by atoms with E-state index < -0.39 is 0 Å². The number of carbonyl (C=O) groups excluding carboxylic acids is 1. The van der Waals surface area contributed by atoms with Crippen LogP contribution in [0.5, 0.6) is 11.5 Å². The van der Waals surface area contributed by atoms with Crippen LogP contribution in [0, 0.1) is 5.82 Å². The summed E-state index contributed by atoms with van der Waals surface area (Å²) in [5, 5.41) is 3.47. The molecule has 0 aliphatic heterocycles. The number of amides is 1. The van der Waals surface area contributed by atoms with Crippen LogP contribution in [0.2, 0.25) is 10.0 Å². The summed E-state index contributed by atoms with van der Waals surface area (Å²) in [5.41, 5.74) is 0.341. The van der Waals surface area contributed by atoms with Gasteiger partial charge in [0.05, 0.1) is 29.0 Å². The van der Waals surface area contributed by atoms with Crippen molar-refractivity contribution >= 4 is 29.1 Å². The molecule has 4 rings (SSSR count). The Morgan fingerprint density at radius 2 is 1.77 bits per heavy atom. The molecule has 3 aromatic heterocycles. The van der Waals surface area contributed by atoms with Crippen molar-refractivity contribution in [2.24, 2.45) is 0 Å². The number of hydrogen-bond donors (Lipinski definition) is 1. The van der Waals surface area contributed by atoms with Crippen LogP contribution in [0.25, 0.3) is 5.82 Å². The molecule has 156 valence electrons. The molecule has 4 aromatic rings. The third-order valence-electron chi connectivity index (χ3n) is 4.14. The predicted octanol–water partition coefficient (Wildman–Crippen LogP) is 4.83. The van der Waals surface area contributed by atoms with Gasteiger partial charge in [-0.15, -0.1) is 0 Å². The summed E-state index contributed by atoms with van der Waals surface area (Å²) in [4.78, 5) is 25.2. The highest BCUT2D eigenvalue weighted by Crippen LogP contribution is 2.23. The first-order valence-electron chi connectivity index (χ1n) is 9.01. The van der Waals surface area contributed by atoms with Gasteiger partial charge in [-0.2, -0.15) is 0 Å². The Balaban J connectivity index is 1.40. The maximum absolute atomic E-state index is 13.0. The number of halogens is 3. The number of hydrogen-bond acceptors (Lipinski definition) is 5. The van der Waals surface area contributed by atoms with Crippen LogP contribution in [-0.4, -0.2) is 25.4 Å². The molecule has 7 nitrogen and oxygen atoms in total. The largest absolute Gasteiger partial charge is 0.454 e. The third-order valence-corrected chi connectivity index (χ3v) is 4.62. The van der Waals surface area contributed by atoms with Crippen LogP contribution < -0.4 is 10.1 Å². The van der Waals surface area contributed by atoms with Gasteiger partial charge in [0.2, 0.25) is 0 Å². The average molecular weight is 458 g/mol. The van der Waals surface area contributed by atoms with Crippen LogP contribution >= 0.6 is 23.2 Å². The van der Waals surface area contributed by atoms with Crippen molar-refractivity contribution in [3.63, 3.8) is 0 Å². The lowest BCUT2D eigenvalue weighted by molar-refractivity contribution is 0.0943. The number of nitrogens with one attached hydrogen (secondary N) is 1. The molecule has 1 aromatic carbocycles. The molecule has 3 heterocycles. The molecule has 10 heteroatoms. The minimum atomic E-state index is -0.354. The highest BCUT2D eigenvalue weighted by Gasteiger charge is 2.15. The van der Waals surface area contributed by atoms with Gasteiger partial charge in [-0.25, -0.2) is 19.3 Å². The summed E-state index contributed by atoms with van der Waals surface area (Å²) in [6, 6.07) is 10.5. The number of benzene rings is 1. The Labute approximate surface area is 186 Å². The third kappa shape index (κ3) is 4.99. The molecule has 0 spiro atoms. The topological polar surface area (TPSA) is 81.9 Å². The molecule has 0 saturated heterocycles. The number of aromatic nitrogens is 4. The van der Waals surface area contributed by atoms with Gasteiger partial charge in [0, 0.05) is 12.4 Å². The maximum Gasteiger partial charge on any atom is 0.268 e. The summed E-state index contributed by atoms with van der Waals surface area (Å²) in [7, 11) is 0. The Kier molecular flexibility index (Phi) is 6.11. The fraction of sp³-hybridized carbons (Fsp3) is 0.0476.